The zero-order valence-electron chi connectivity index (χ0n) is 12.8. The largest absolute Gasteiger partial charge is 0.487 e. The van der Waals surface area contributed by atoms with Gasteiger partial charge in [-0.15, -0.1) is 0 Å². The highest BCUT2D eigenvalue weighted by Gasteiger charge is 2.08. The highest BCUT2D eigenvalue weighted by Crippen LogP contribution is 2.26. The summed E-state index contributed by atoms with van der Waals surface area (Å²) in [6, 6.07) is 18.6. The van der Waals surface area contributed by atoms with Crippen LogP contribution in [0.3, 0.4) is 0 Å². The van der Waals surface area contributed by atoms with Crippen molar-refractivity contribution in [1.29, 1.82) is 0 Å². The molecule has 3 heterocycles. The third-order valence-electron chi connectivity index (χ3n) is 4.05. The van der Waals surface area contributed by atoms with E-state index in [9.17, 15) is 0 Å². The van der Waals surface area contributed by atoms with Crippen LogP contribution in [0.25, 0.3) is 17.0 Å². The van der Waals surface area contributed by atoms with Crippen molar-refractivity contribution in [3.63, 3.8) is 0 Å². The molecule has 23 heavy (non-hydrogen) atoms. The van der Waals surface area contributed by atoms with Crippen molar-refractivity contribution in [3.05, 3.63) is 71.9 Å². The first kappa shape index (κ1) is 13.8. The van der Waals surface area contributed by atoms with E-state index in [2.05, 4.69) is 34.6 Å². The minimum Gasteiger partial charge on any atom is -0.487 e. The van der Waals surface area contributed by atoms with Crippen molar-refractivity contribution in [2.24, 2.45) is 0 Å². The molecule has 2 aliphatic heterocycles. The Morgan fingerprint density at radius 3 is 2.83 bits per heavy atom. The fourth-order valence-corrected chi connectivity index (χ4v) is 2.89. The summed E-state index contributed by atoms with van der Waals surface area (Å²) in [5.74, 6) is 0.881. The van der Waals surface area contributed by atoms with Gasteiger partial charge in [0.05, 0.1) is 5.52 Å². The molecule has 0 saturated carbocycles. The van der Waals surface area contributed by atoms with Gasteiger partial charge in [-0.05, 0) is 42.3 Å². The molecule has 0 bridgehead atoms. The summed E-state index contributed by atoms with van der Waals surface area (Å²) in [6.45, 7) is 1.76. The van der Waals surface area contributed by atoms with E-state index in [1.165, 1.54) is 17.7 Å². The maximum atomic E-state index is 5.48. The number of anilines is 1. The Kier molecular flexibility index (Phi) is 3.68. The zero-order chi connectivity index (χ0) is 15.5. The van der Waals surface area contributed by atoms with Crippen LogP contribution in [0.4, 0.5) is 5.69 Å². The number of benzene rings is 2. The number of para-hydroxylation sites is 2. The number of hydrogen-bond acceptors (Lipinski definition) is 3. The summed E-state index contributed by atoms with van der Waals surface area (Å²) in [5.41, 5.74) is 4.71. The number of ether oxygens (including phenoxy) is 1. The van der Waals surface area contributed by atoms with Gasteiger partial charge in [0.1, 0.15) is 18.1 Å². The van der Waals surface area contributed by atoms with Crippen LogP contribution in [-0.4, -0.2) is 18.1 Å². The topological polar surface area (TPSA) is 34.1 Å². The summed E-state index contributed by atoms with van der Waals surface area (Å²) in [6.07, 6.45) is 5.17. The number of pyridine rings is 1. The van der Waals surface area contributed by atoms with Gasteiger partial charge in [0.25, 0.3) is 0 Å². The van der Waals surface area contributed by atoms with Crippen LogP contribution in [0.2, 0.25) is 0 Å². The van der Waals surface area contributed by atoms with E-state index in [0.29, 0.717) is 6.61 Å². The first-order valence-electron chi connectivity index (χ1n) is 7.91. The summed E-state index contributed by atoms with van der Waals surface area (Å²) in [5, 5.41) is 4.43. The predicted molar refractivity (Wildman–Crippen MR) is 94.9 cm³/mol. The van der Waals surface area contributed by atoms with Crippen molar-refractivity contribution < 1.29 is 4.74 Å². The molecule has 3 heteroatoms. The predicted octanol–water partition coefficient (Wildman–Crippen LogP) is 4.30. The lowest BCUT2D eigenvalue weighted by molar-refractivity contribution is 0.357. The van der Waals surface area contributed by atoms with Crippen molar-refractivity contribution in [1.82, 2.24) is 4.98 Å². The highest BCUT2D eigenvalue weighted by atomic mass is 16.5. The van der Waals surface area contributed by atoms with Gasteiger partial charge in [-0.1, -0.05) is 36.4 Å². The molecule has 0 fully saturated rings. The van der Waals surface area contributed by atoms with Gasteiger partial charge in [0, 0.05) is 17.6 Å². The summed E-state index contributed by atoms with van der Waals surface area (Å²) in [7, 11) is 0. The number of hydrogen-bond donors (Lipinski definition) is 1. The lowest BCUT2D eigenvalue weighted by Gasteiger charge is -2.11. The van der Waals surface area contributed by atoms with Crippen LogP contribution < -0.4 is 10.1 Å². The summed E-state index contributed by atoms with van der Waals surface area (Å²) in [4.78, 5) is 4.50. The summed E-state index contributed by atoms with van der Waals surface area (Å²) < 4.78 is 5.48. The second-order valence-electron chi connectivity index (χ2n) is 5.61. The molecule has 0 spiro atoms. The average Bonchev–Trinajstić information content (AvgIpc) is 3.09. The zero-order valence-corrected chi connectivity index (χ0v) is 12.8. The molecular formula is C20H18N2O. The minimum absolute atomic E-state index is 0.646. The smallest absolute Gasteiger partial charge is 0.146 e. The molecule has 0 atom stereocenters. The van der Waals surface area contributed by atoms with E-state index < -0.39 is 0 Å². The molecular weight excluding hydrogens is 284 g/mol. The van der Waals surface area contributed by atoms with Gasteiger partial charge >= 0.3 is 0 Å². The molecule has 0 unspecified atom stereocenters. The molecule has 1 N–H and O–H groups in total. The van der Waals surface area contributed by atoms with Crippen LogP contribution in [0.15, 0.2) is 60.7 Å². The SMILES string of the molecule is C1=Cc2nc3ccccc3cc2OC1.c1ccc2c(c1)CCN2. The fourth-order valence-electron chi connectivity index (χ4n) is 2.89. The van der Waals surface area contributed by atoms with Crippen LogP contribution in [0, 0.1) is 0 Å². The first-order valence-corrected chi connectivity index (χ1v) is 7.91. The van der Waals surface area contributed by atoms with Gasteiger partial charge in [-0.25, -0.2) is 4.98 Å². The average molecular weight is 302 g/mol. The second-order valence-corrected chi connectivity index (χ2v) is 5.61. The minimum atomic E-state index is 0.646. The standard InChI is InChI=1S/C12H9NO.C8H9N/c1-2-5-10-9(4-1)8-12-11(13-10)6-3-7-14-12;1-2-4-8-7(3-1)5-6-9-8/h1-6,8H,7H2;1-4,9H,5-6H2. The molecule has 1 aromatic heterocycles. The molecule has 0 radical (unpaired) electrons. The highest BCUT2D eigenvalue weighted by molar-refractivity contribution is 5.82. The Balaban J connectivity index is 0.000000130. The monoisotopic (exact) mass is 302 g/mol. The molecule has 114 valence electrons. The van der Waals surface area contributed by atoms with E-state index in [4.69, 9.17) is 4.74 Å². The lowest BCUT2D eigenvalue weighted by Crippen LogP contribution is -2.01. The first-order chi connectivity index (χ1) is 11.4. The third-order valence-corrected chi connectivity index (χ3v) is 4.05. The Morgan fingerprint density at radius 1 is 1.00 bits per heavy atom. The van der Waals surface area contributed by atoms with Crippen LogP contribution >= 0.6 is 0 Å². The van der Waals surface area contributed by atoms with E-state index >= 15 is 0 Å². The molecule has 5 rings (SSSR count). The Labute approximate surface area is 135 Å². The van der Waals surface area contributed by atoms with Crippen molar-refractivity contribution >= 4 is 22.7 Å². The van der Waals surface area contributed by atoms with E-state index in [1.807, 2.05) is 42.5 Å². The van der Waals surface area contributed by atoms with E-state index in [1.54, 1.807) is 0 Å². The molecule has 0 saturated heterocycles. The van der Waals surface area contributed by atoms with E-state index in [0.717, 1.165) is 28.9 Å². The third kappa shape index (κ3) is 2.90. The van der Waals surface area contributed by atoms with Crippen molar-refractivity contribution in [3.8, 4) is 5.75 Å². The molecule has 2 aliphatic rings. The van der Waals surface area contributed by atoms with Gasteiger partial charge in [-0.3, -0.25) is 0 Å². The molecule has 0 aliphatic carbocycles. The number of aromatic nitrogens is 1. The maximum Gasteiger partial charge on any atom is 0.146 e. The van der Waals surface area contributed by atoms with Gasteiger partial charge in [0.15, 0.2) is 0 Å². The maximum absolute atomic E-state index is 5.48. The molecule has 0 amide bonds. The quantitative estimate of drug-likeness (QED) is 0.672. The Hall–Kier alpha value is -2.81. The number of nitrogens with zero attached hydrogens (tertiary/aromatic N) is 1. The number of fused-ring (bicyclic) bond motifs is 3. The van der Waals surface area contributed by atoms with Crippen molar-refractivity contribution in [2.75, 3.05) is 18.5 Å². The van der Waals surface area contributed by atoms with Gasteiger partial charge in [-0.2, -0.15) is 0 Å². The molecule has 3 aromatic rings. The van der Waals surface area contributed by atoms with Crippen LogP contribution in [0.1, 0.15) is 11.3 Å². The molecule has 2 aromatic carbocycles. The van der Waals surface area contributed by atoms with E-state index in [-0.39, 0.29) is 0 Å². The van der Waals surface area contributed by atoms with Crippen LogP contribution in [0.5, 0.6) is 5.75 Å². The van der Waals surface area contributed by atoms with Crippen LogP contribution in [-0.2, 0) is 6.42 Å². The van der Waals surface area contributed by atoms with Gasteiger partial charge in [0.2, 0.25) is 0 Å². The summed E-state index contributed by atoms with van der Waals surface area (Å²) >= 11 is 0. The Bertz CT molecular complexity index is 847. The normalized spacial score (nSPS) is 14.1. The number of nitrogens with one attached hydrogen (secondary N) is 1. The van der Waals surface area contributed by atoms with Crippen molar-refractivity contribution in [2.45, 2.75) is 6.42 Å². The Morgan fingerprint density at radius 2 is 1.87 bits per heavy atom. The fraction of sp³-hybridized carbons (Fsp3) is 0.150. The second kappa shape index (κ2) is 6.13. The molecule has 3 nitrogen and oxygen atoms in total. The lowest BCUT2D eigenvalue weighted by atomic mass is 10.1. The van der Waals surface area contributed by atoms with Gasteiger partial charge < -0.3 is 10.1 Å². The number of rotatable bonds is 0.